The van der Waals surface area contributed by atoms with Crippen molar-refractivity contribution in [3.8, 4) is 0 Å². The van der Waals surface area contributed by atoms with Crippen LogP contribution in [0.1, 0.15) is 36.6 Å². The molecule has 1 atom stereocenters. The molecule has 0 bridgehead atoms. The number of nitrogens with one attached hydrogen (secondary N) is 1. The van der Waals surface area contributed by atoms with Crippen molar-refractivity contribution in [3.05, 3.63) is 70.8 Å². The van der Waals surface area contributed by atoms with Crippen LogP contribution in [0.25, 0.3) is 0 Å². The minimum absolute atomic E-state index is 0.132. The fourth-order valence-electron chi connectivity index (χ4n) is 2.14. The van der Waals surface area contributed by atoms with E-state index in [1.165, 1.54) is 23.3 Å². The van der Waals surface area contributed by atoms with Crippen molar-refractivity contribution in [3.63, 3.8) is 0 Å². The van der Waals surface area contributed by atoms with E-state index in [4.69, 9.17) is 0 Å². The molecule has 3 heteroatoms. The molecule has 2 rings (SSSR count). The number of hydrogen-bond donors (Lipinski definition) is 1. The fraction of sp³-hybridized carbons (Fsp3) is 0.294. The maximum Gasteiger partial charge on any atom is 0.126 e. The van der Waals surface area contributed by atoms with Gasteiger partial charge in [-0.05, 0) is 42.2 Å². The van der Waals surface area contributed by atoms with Gasteiger partial charge in [-0.3, -0.25) is 0 Å². The molecule has 0 aliphatic carbocycles. The van der Waals surface area contributed by atoms with Gasteiger partial charge in [0, 0.05) is 18.7 Å². The maximum atomic E-state index is 13.1. The van der Waals surface area contributed by atoms with Crippen molar-refractivity contribution in [1.29, 1.82) is 0 Å². The summed E-state index contributed by atoms with van der Waals surface area (Å²) in [5.74, 6) is -1.08. The van der Waals surface area contributed by atoms with Gasteiger partial charge in [-0.2, -0.15) is 0 Å². The van der Waals surface area contributed by atoms with Crippen LogP contribution < -0.4 is 5.32 Å². The standard InChI is InChI=1S/C17H19F2N/c1-3-13-4-6-15(7-5-13)12(2)20-11-14-8-16(18)10-17(19)9-14/h4-10,12,20H,3,11H2,1-2H3. The summed E-state index contributed by atoms with van der Waals surface area (Å²) in [6.45, 7) is 4.59. The van der Waals surface area contributed by atoms with Crippen LogP contribution in [0, 0.1) is 11.6 Å². The summed E-state index contributed by atoms with van der Waals surface area (Å²) in [6.07, 6.45) is 1.02. The van der Waals surface area contributed by atoms with Crippen LogP contribution in [-0.2, 0) is 13.0 Å². The number of aryl methyl sites for hydroxylation is 1. The zero-order valence-electron chi connectivity index (χ0n) is 11.8. The van der Waals surface area contributed by atoms with E-state index in [1.807, 2.05) is 6.92 Å². The lowest BCUT2D eigenvalue weighted by Crippen LogP contribution is -2.18. The number of rotatable bonds is 5. The number of benzene rings is 2. The molecule has 106 valence electrons. The van der Waals surface area contributed by atoms with E-state index in [0.717, 1.165) is 12.5 Å². The molecule has 20 heavy (non-hydrogen) atoms. The molecule has 1 N–H and O–H groups in total. The average molecular weight is 275 g/mol. The Morgan fingerprint density at radius 2 is 1.55 bits per heavy atom. The smallest absolute Gasteiger partial charge is 0.126 e. The van der Waals surface area contributed by atoms with Crippen LogP contribution >= 0.6 is 0 Å². The highest BCUT2D eigenvalue weighted by molar-refractivity contribution is 5.25. The van der Waals surface area contributed by atoms with Crippen molar-refractivity contribution in [1.82, 2.24) is 5.32 Å². The van der Waals surface area contributed by atoms with Crippen molar-refractivity contribution in [2.75, 3.05) is 0 Å². The average Bonchev–Trinajstić information content (AvgIpc) is 2.44. The van der Waals surface area contributed by atoms with E-state index >= 15 is 0 Å². The van der Waals surface area contributed by atoms with Gasteiger partial charge < -0.3 is 5.32 Å². The lowest BCUT2D eigenvalue weighted by Gasteiger charge is -2.15. The zero-order chi connectivity index (χ0) is 14.5. The molecular weight excluding hydrogens is 256 g/mol. The Bertz CT molecular complexity index is 543. The summed E-state index contributed by atoms with van der Waals surface area (Å²) < 4.78 is 26.2. The van der Waals surface area contributed by atoms with Gasteiger partial charge in [-0.15, -0.1) is 0 Å². The second kappa shape index (κ2) is 6.62. The van der Waals surface area contributed by atoms with Gasteiger partial charge in [0.05, 0.1) is 0 Å². The van der Waals surface area contributed by atoms with Gasteiger partial charge in [0.1, 0.15) is 11.6 Å². The second-order valence-electron chi connectivity index (χ2n) is 4.98. The molecule has 0 aromatic heterocycles. The highest BCUT2D eigenvalue weighted by Gasteiger charge is 2.06. The van der Waals surface area contributed by atoms with Crippen LogP contribution in [0.5, 0.6) is 0 Å². The molecule has 0 aliphatic heterocycles. The molecular formula is C17H19F2N. The lowest BCUT2D eigenvalue weighted by atomic mass is 10.0. The molecule has 1 unspecified atom stereocenters. The summed E-state index contributed by atoms with van der Waals surface area (Å²) in [6, 6.07) is 12.1. The Morgan fingerprint density at radius 1 is 0.950 bits per heavy atom. The largest absolute Gasteiger partial charge is 0.306 e. The lowest BCUT2D eigenvalue weighted by molar-refractivity contribution is 0.554. The third-order valence-corrected chi connectivity index (χ3v) is 3.42. The van der Waals surface area contributed by atoms with E-state index in [2.05, 4.69) is 36.5 Å². The molecule has 0 radical (unpaired) electrons. The summed E-state index contributed by atoms with van der Waals surface area (Å²) in [5, 5.41) is 3.27. The topological polar surface area (TPSA) is 12.0 Å². The summed E-state index contributed by atoms with van der Waals surface area (Å²) in [5.41, 5.74) is 3.08. The monoisotopic (exact) mass is 275 g/mol. The van der Waals surface area contributed by atoms with Crippen LogP contribution in [0.3, 0.4) is 0 Å². The quantitative estimate of drug-likeness (QED) is 0.854. The van der Waals surface area contributed by atoms with Crippen molar-refractivity contribution in [2.24, 2.45) is 0 Å². The zero-order valence-corrected chi connectivity index (χ0v) is 11.8. The third-order valence-electron chi connectivity index (χ3n) is 3.42. The Labute approximate surface area is 118 Å². The van der Waals surface area contributed by atoms with Crippen molar-refractivity contribution in [2.45, 2.75) is 32.9 Å². The predicted molar refractivity (Wildman–Crippen MR) is 77.4 cm³/mol. The number of hydrogen-bond acceptors (Lipinski definition) is 1. The summed E-state index contributed by atoms with van der Waals surface area (Å²) >= 11 is 0. The molecule has 0 spiro atoms. The first kappa shape index (κ1) is 14.7. The first-order valence-corrected chi connectivity index (χ1v) is 6.85. The van der Waals surface area contributed by atoms with Crippen LogP contribution in [0.2, 0.25) is 0 Å². The molecule has 0 saturated carbocycles. The Kier molecular flexibility index (Phi) is 4.85. The van der Waals surface area contributed by atoms with Gasteiger partial charge >= 0.3 is 0 Å². The summed E-state index contributed by atoms with van der Waals surface area (Å²) in [7, 11) is 0. The summed E-state index contributed by atoms with van der Waals surface area (Å²) in [4.78, 5) is 0. The van der Waals surface area contributed by atoms with Gasteiger partial charge in [0.2, 0.25) is 0 Å². The van der Waals surface area contributed by atoms with E-state index in [9.17, 15) is 8.78 Å². The normalized spacial score (nSPS) is 12.4. The number of halogens is 2. The van der Waals surface area contributed by atoms with E-state index < -0.39 is 11.6 Å². The second-order valence-corrected chi connectivity index (χ2v) is 4.98. The Hall–Kier alpha value is -1.74. The van der Waals surface area contributed by atoms with Crippen molar-refractivity contribution < 1.29 is 8.78 Å². The highest BCUT2D eigenvalue weighted by Crippen LogP contribution is 2.15. The first-order valence-electron chi connectivity index (χ1n) is 6.85. The molecule has 0 aliphatic rings. The van der Waals surface area contributed by atoms with Crippen LogP contribution in [0.15, 0.2) is 42.5 Å². The molecule has 0 fully saturated rings. The molecule has 0 heterocycles. The molecule has 2 aromatic rings. The van der Waals surface area contributed by atoms with Gasteiger partial charge in [-0.25, -0.2) is 8.78 Å². The highest BCUT2D eigenvalue weighted by atomic mass is 19.1. The van der Waals surface area contributed by atoms with Gasteiger partial charge in [-0.1, -0.05) is 31.2 Å². The minimum atomic E-state index is -0.540. The van der Waals surface area contributed by atoms with Crippen LogP contribution in [-0.4, -0.2) is 0 Å². The van der Waals surface area contributed by atoms with E-state index in [0.29, 0.717) is 12.1 Å². The Balaban J connectivity index is 1.98. The van der Waals surface area contributed by atoms with Gasteiger partial charge in [0.15, 0.2) is 0 Å². The van der Waals surface area contributed by atoms with E-state index in [-0.39, 0.29) is 6.04 Å². The molecule has 2 aromatic carbocycles. The fourth-order valence-corrected chi connectivity index (χ4v) is 2.14. The SMILES string of the molecule is CCc1ccc(C(C)NCc2cc(F)cc(F)c2)cc1. The maximum absolute atomic E-state index is 13.1. The molecule has 1 nitrogen and oxygen atoms in total. The minimum Gasteiger partial charge on any atom is -0.306 e. The first-order chi connectivity index (χ1) is 9.58. The molecule has 0 saturated heterocycles. The Morgan fingerprint density at radius 3 is 2.10 bits per heavy atom. The van der Waals surface area contributed by atoms with E-state index in [1.54, 1.807) is 0 Å². The predicted octanol–water partition coefficient (Wildman–Crippen LogP) is 4.38. The van der Waals surface area contributed by atoms with Gasteiger partial charge in [0.25, 0.3) is 0 Å². The third kappa shape index (κ3) is 3.87. The van der Waals surface area contributed by atoms with Crippen molar-refractivity contribution >= 4 is 0 Å². The van der Waals surface area contributed by atoms with Crippen LogP contribution in [0.4, 0.5) is 8.78 Å². The molecule has 0 amide bonds.